The minimum Gasteiger partial charge on any atom is -0.379 e. The minimum absolute atomic E-state index is 0. The van der Waals surface area contributed by atoms with E-state index < -0.39 is 0 Å². The van der Waals surface area contributed by atoms with Crippen LogP contribution in [-0.4, -0.2) is 44.3 Å². The van der Waals surface area contributed by atoms with E-state index >= 15 is 0 Å². The standard InChI is InChI=1S/C18H25FN4O.HI/c1-20-18(22-8-9-24-12-13-2-3-13)21-7-6-14-11-23-17-5-4-15(19)10-16(14)17;/h4-5,10-11,13,23H,2-3,6-9,12H2,1H3,(H2,20,21,22);1H. The van der Waals surface area contributed by atoms with Gasteiger partial charge in [0.15, 0.2) is 5.96 Å². The van der Waals surface area contributed by atoms with Gasteiger partial charge in [0.25, 0.3) is 0 Å². The van der Waals surface area contributed by atoms with E-state index in [2.05, 4.69) is 20.6 Å². The fourth-order valence-corrected chi connectivity index (χ4v) is 2.67. The van der Waals surface area contributed by atoms with Gasteiger partial charge in [0.1, 0.15) is 5.82 Å². The van der Waals surface area contributed by atoms with Crippen molar-refractivity contribution in [2.24, 2.45) is 10.9 Å². The molecule has 1 saturated carbocycles. The van der Waals surface area contributed by atoms with Gasteiger partial charge in [0.2, 0.25) is 0 Å². The Morgan fingerprint density at radius 1 is 1.32 bits per heavy atom. The molecule has 7 heteroatoms. The predicted molar refractivity (Wildman–Crippen MR) is 110 cm³/mol. The van der Waals surface area contributed by atoms with Gasteiger partial charge in [0, 0.05) is 43.8 Å². The highest BCUT2D eigenvalue weighted by Crippen LogP contribution is 2.28. The van der Waals surface area contributed by atoms with Crippen molar-refractivity contribution < 1.29 is 9.13 Å². The van der Waals surface area contributed by atoms with E-state index in [0.717, 1.165) is 54.5 Å². The number of benzene rings is 1. The van der Waals surface area contributed by atoms with Crippen molar-refractivity contribution in [1.82, 2.24) is 15.6 Å². The van der Waals surface area contributed by atoms with E-state index in [1.54, 1.807) is 19.2 Å². The third kappa shape index (κ3) is 6.14. The van der Waals surface area contributed by atoms with Crippen LogP contribution < -0.4 is 10.6 Å². The van der Waals surface area contributed by atoms with Crippen LogP contribution in [0.3, 0.4) is 0 Å². The molecule has 1 fully saturated rings. The summed E-state index contributed by atoms with van der Waals surface area (Å²) < 4.78 is 19.0. The summed E-state index contributed by atoms with van der Waals surface area (Å²) in [5.74, 6) is 1.35. The predicted octanol–water partition coefficient (Wildman–Crippen LogP) is 3.06. The van der Waals surface area contributed by atoms with Crippen LogP contribution in [0.4, 0.5) is 4.39 Å². The van der Waals surface area contributed by atoms with Crippen LogP contribution in [0, 0.1) is 11.7 Å². The summed E-state index contributed by atoms with van der Waals surface area (Å²) in [6.45, 7) is 3.04. The molecule has 0 aliphatic heterocycles. The molecule has 3 N–H and O–H groups in total. The zero-order valence-corrected chi connectivity index (χ0v) is 16.8. The molecule has 0 atom stereocenters. The molecule has 25 heavy (non-hydrogen) atoms. The fraction of sp³-hybridized carbons (Fsp3) is 0.500. The van der Waals surface area contributed by atoms with Crippen molar-refractivity contribution in [2.45, 2.75) is 19.3 Å². The molecule has 1 aliphatic carbocycles. The van der Waals surface area contributed by atoms with E-state index in [-0.39, 0.29) is 29.8 Å². The van der Waals surface area contributed by atoms with E-state index in [9.17, 15) is 4.39 Å². The monoisotopic (exact) mass is 460 g/mol. The summed E-state index contributed by atoms with van der Waals surface area (Å²) in [5, 5.41) is 7.45. The van der Waals surface area contributed by atoms with Crippen molar-refractivity contribution in [1.29, 1.82) is 0 Å². The summed E-state index contributed by atoms with van der Waals surface area (Å²) >= 11 is 0. The number of halogens is 2. The second-order valence-corrected chi connectivity index (χ2v) is 6.20. The lowest BCUT2D eigenvalue weighted by Gasteiger charge is -2.12. The Morgan fingerprint density at radius 3 is 2.88 bits per heavy atom. The molecule has 138 valence electrons. The first kappa shape index (κ1) is 20.0. The Balaban J connectivity index is 0.00000225. The summed E-state index contributed by atoms with van der Waals surface area (Å²) in [6.07, 6.45) is 5.36. The van der Waals surface area contributed by atoms with Gasteiger partial charge in [-0.2, -0.15) is 0 Å². The van der Waals surface area contributed by atoms with E-state index in [4.69, 9.17) is 4.74 Å². The molecule has 0 saturated heterocycles. The molecule has 5 nitrogen and oxygen atoms in total. The van der Waals surface area contributed by atoms with Crippen molar-refractivity contribution in [3.63, 3.8) is 0 Å². The van der Waals surface area contributed by atoms with E-state index in [1.807, 2.05) is 6.20 Å². The third-order valence-electron chi connectivity index (χ3n) is 4.23. The van der Waals surface area contributed by atoms with Gasteiger partial charge in [0.05, 0.1) is 6.61 Å². The van der Waals surface area contributed by atoms with Crippen molar-refractivity contribution in [2.75, 3.05) is 33.4 Å². The molecule has 1 aromatic carbocycles. The largest absolute Gasteiger partial charge is 0.379 e. The van der Waals surface area contributed by atoms with Crippen LogP contribution in [0.15, 0.2) is 29.4 Å². The topological polar surface area (TPSA) is 61.4 Å². The number of hydrogen-bond acceptors (Lipinski definition) is 2. The zero-order valence-electron chi connectivity index (χ0n) is 14.5. The number of rotatable bonds is 8. The molecule has 0 spiro atoms. The highest BCUT2D eigenvalue weighted by Gasteiger charge is 2.20. The second kappa shape index (κ2) is 9.96. The number of aliphatic imine (C=N–C) groups is 1. The summed E-state index contributed by atoms with van der Waals surface area (Å²) in [4.78, 5) is 7.37. The average molecular weight is 460 g/mol. The van der Waals surface area contributed by atoms with Crippen LogP contribution in [-0.2, 0) is 11.2 Å². The lowest BCUT2D eigenvalue weighted by molar-refractivity contribution is 0.129. The SMILES string of the molecule is CN=C(NCCOCC1CC1)NCCc1c[nH]c2ccc(F)cc12.I. The van der Waals surface area contributed by atoms with Crippen LogP contribution in [0.5, 0.6) is 0 Å². The Hall–Kier alpha value is -1.35. The smallest absolute Gasteiger partial charge is 0.191 e. The van der Waals surface area contributed by atoms with E-state index in [1.165, 1.54) is 18.9 Å². The van der Waals surface area contributed by atoms with Crippen LogP contribution >= 0.6 is 24.0 Å². The Bertz CT molecular complexity index is 699. The maximum atomic E-state index is 13.4. The molecule has 0 unspecified atom stereocenters. The first-order valence-corrected chi connectivity index (χ1v) is 8.54. The van der Waals surface area contributed by atoms with Gasteiger partial charge < -0.3 is 20.4 Å². The molecule has 1 heterocycles. The van der Waals surface area contributed by atoms with Crippen LogP contribution in [0.25, 0.3) is 10.9 Å². The van der Waals surface area contributed by atoms with Crippen LogP contribution in [0.2, 0.25) is 0 Å². The van der Waals surface area contributed by atoms with Crippen molar-refractivity contribution >= 4 is 40.8 Å². The highest BCUT2D eigenvalue weighted by atomic mass is 127. The van der Waals surface area contributed by atoms with Crippen LogP contribution in [0.1, 0.15) is 18.4 Å². The fourth-order valence-electron chi connectivity index (χ4n) is 2.67. The van der Waals surface area contributed by atoms with Gasteiger partial charge >= 0.3 is 0 Å². The van der Waals surface area contributed by atoms with Gasteiger partial charge in [-0.1, -0.05) is 0 Å². The maximum Gasteiger partial charge on any atom is 0.191 e. The quantitative estimate of drug-likeness (QED) is 0.246. The van der Waals surface area contributed by atoms with E-state index in [0.29, 0.717) is 6.61 Å². The normalized spacial score (nSPS) is 14.4. The van der Waals surface area contributed by atoms with Gasteiger partial charge in [-0.25, -0.2) is 4.39 Å². The number of aromatic amines is 1. The Labute approximate surface area is 164 Å². The number of nitrogens with one attached hydrogen (secondary N) is 3. The molecule has 0 amide bonds. The Kier molecular flexibility index (Phi) is 7.95. The highest BCUT2D eigenvalue weighted by molar-refractivity contribution is 14.0. The lowest BCUT2D eigenvalue weighted by atomic mass is 10.1. The number of H-pyrrole nitrogens is 1. The number of aromatic nitrogens is 1. The molecule has 0 radical (unpaired) electrons. The zero-order chi connectivity index (χ0) is 16.8. The van der Waals surface area contributed by atoms with Gasteiger partial charge in [-0.15, -0.1) is 24.0 Å². The van der Waals surface area contributed by atoms with Gasteiger partial charge in [-0.3, -0.25) is 4.99 Å². The Morgan fingerprint density at radius 2 is 2.12 bits per heavy atom. The van der Waals surface area contributed by atoms with Crippen molar-refractivity contribution in [3.8, 4) is 0 Å². The third-order valence-corrected chi connectivity index (χ3v) is 4.23. The second-order valence-electron chi connectivity index (χ2n) is 6.20. The number of nitrogens with zero attached hydrogens (tertiary/aromatic N) is 1. The molecule has 0 bridgehead atoms. The van der Waals surface area contributed by atoms with Gasteiger partial charge in [-0.05, 0) is 48.9 Å². The summed E-state index contributed by atoms with van der Waals surface area (Å²) in [6, 6.07) is 4.81. The summed E-state index contributed by atoms with van der Waals surface area (Å²) in [7, 11) is 1.75. The van der Waals surface area contributed by atoms with Crippen molar-refractivity contribution in [3.05, 3.63) is 35.8 Å². The number of guanidine groups is 1. The molecular formula is C18H26FIN4O. The minimum atomic E-state index is -0.208. The molecule has 1 aliphatic rings. The molecular weight excluding hydrogens is 434 g/mol. The first-order valence-electron chi connectivity index (χ1n) is 8.54. The molecule has 2 aromatic rings. The molecule has 1 aromatic heterocycles. The first-order chi connectivity index (χ1) is 11.8. The lowest BCUT2D eigenvalue weighted by Crippen LogP contribution is -2.39. The molecule has 3 rings (SSSR count). The number of hydrogen-bond donors (Lipinski definition) is 3. The number of fused-ring (bicyclic) bond motifs is 1. The average Bonchev–Trinajstić information content (AvgIpc) is 3.33. The maximum absolute atomic E-state index is 13.4. The summed E-state index contributed by atoms with van der Waals surface area (Å²) in [5.41, 5.74) is 2.06. The number of ether oxygens (including phenoxy) is 1.